The number of aromatic nitrogens is 1. The molecule has 0 atom stereocenters. The van der Waals surface area contributed by atoms with E-state index >= 15 is 0 Å². The summed E-state index contributed by atoms with van der Waals surface area (Å²) >= 11 is 1.28. The molecule has 1 aromatic heterocycles. The Bertz CT molecular complexity index is 814. The number of hydrogen-bond acceptors (Lipinski definition) is 8. The molecule has 1 N–H and O–H groups in total. The summed E-state index contributed by atoms with van der Waals surface area (Å²) in [6, 6.07) is 1.24. The standard InChI is InChI=1S/C15H17N3O6S/c1-7-8(2)25-15(16-7)17-14(19)9-6-10(22-3)12(23-4)13(24-5)11(9)18(20)21/h6H,1-5H3,(H,16,17,19). The topological polar surface area (TPSA) is 113 Å². The third-order valence-electron chi connectivity index (χ3n) is 3.48. The molecule has 0 aliphatic heterocycles. The molecule has 0 saturated carbocycles. The molecule has 1 amide bonds. The van der Waals surface area contributed by atoms with Crippen LogP contribution in [0.4, 0.5) is 10.8 Å². The first-order valence-electron chi connectivity index (χ1n) is 7.06. The highest BCUT2D eigenvalue weighted by molar-refractivity contribution is 7.15. The SMILES string of the molecule is COc1cc(C(=O)Nc2nc(C)c(C)s2)c([N+](=O)[O-])c(OC)c1OC. The van der Waals surface area contributed by atoms with E-state index in [1.54, 1.807) is 0 Å². The molecular formula is C15H17N3O6S. The summed E-state index contributed by atoms with van der Waals surface area (Å²) < 4.78 is 15.4. The van der Waals surface area contributed by atoms with Crippen LogP contribution < -0.4 is 19.5 Å². The van der Waals surface area contributed by atoms with Crippen LogP contribution in [0.1, 0.15) is 20.9 Å². The largest absolute Gasteiger partial charge is 0.493 e. The van der Waals surface area contributed by atoms with E-state index in [1.807, 2.05) is 13.8 Å². The minimum atomic E-state index is -0.700. The highest BCUT2D eigenvalue weighted by Gasteiger charge is 2.32. The fourth-order valence-corrected chi connectivity index (χ4v) is 3.00. The summed E-state index contributed by atoms with van der Waals surface area (Å²) in [7, 11) is 3.93. The maximum atomic E-state index is 12.6. The second-order valence-electron chi connectivity index (χ2n) is 4.91. The van der Waals surface area contributed by atoms with Crippen molar-refractivity contribution >= 4 is 28.1 Å². The lowest BCUT2D eigenvalue weighted by atomic mass is 10.1. The zero-order valence-electron chi connectivity index (χ0n) is 14.3. The summed E-state index contributed by atoms with van der Waals surface area (Å²) in [6.07, 6.45) is 0. The van der Waals surface area contributed by atoms with Crippen molar-refractivity contribution in [2.24, 2.45) is 0 Å². The average molecular weight is 367 g/mol. The second-order valence-corrected chi connectivity index (χ2v) is 6.12. The third-order valence-corrected chi connectivity index (χ3v) is 4.47. The van der Waals surface area contributed by atoms with Gasteiger partial charge in [-0.1, -0.05) is 0 Å². The lowest BCUT2D eigenvalue weighted by Gasteiger charge is -2.14. The zero-order chi connectivity index (χ0) is 18.7. The number of rotatable bonds is 6. The van der Waals surface area contributed by atoms with Crippen LogP contribution in [-0.2, 0) is 0 Å². The van der Waals surface area contributed by atoms with E-state index in [4.69, 9.17) is 14.2 Å². The molecule has 10 heteroatoms. The van der Waals surface area contributed by atoms with Crippen LogP contribution in [0.25, 0.3) is 0 Å². The minimum absolute atomic E-state index is 0.0363. The van der Waals surface area contributed by atoms with Crippen LogP contribution in [-0.4, -0.2) is 37.1 Å². The Hall–Kier alpha value is -2.88. The number of methoxy groups -OCH3 is 3. The number of nitro groups is 1. The van der Waals surface area contributed by atoms with E-state index in [9.17, 15) is 14.9 Å². The molecule has 0 aliphatic rings. The number of hydrogen-bond donors (Lipinski definition) is 1. The van der Waals surface area contributed by atoms with Gasteiger partial charge in [0.15, 0.2) is 10.9 Å². The van der Waals surface area contributed by atoms with Gasteiger partial charge in [0.05, 0.1) is 31.9 Å². The van der Waals surface area contributed by atoms with Gasteiger partial charge in [0.1, 0.15) is 5.56 Å². The quantitative estimate of drug-likeness (QED) is 0.617. The molecule has 9 nitrogen and oxygen atoms in total. The van der Waals surface area contributed by atoms with Crippen molar-refractivity contribution < 1.29 is 23.9 Å². The minimum Gasteiger partial charge on any atom is -0.493 e. The van der Waals surface area contributed by atoms with Gasteiger partial charge in [-0.25, -0.2) is 4.98 Å². The Morgan fingerprint density at radius 3 is 2.28 bits per heavy atom. The number of nitro benzene ring substituents is 1. The average Bonchev–Trinajstić information content (AvgIpc) is 2.89. The molecule has 0 aliphatic carbocycles. The molecule has 0 saturated heterocycles. The molecule has 0 radical (unpaired) electrons. The van der Waals surface area contributed by atoms with Gasteiger partial charge in [0.25, 0.3) is 5.91 Å². The molecule has 134 valence electrons. The van der Waals surface area contributed by atoms with Crippen LogP contribution >= 0.6 is 11.3 Å². The molecule has 2 rings (SSSR count). The van der Waals surface area contributed by atoms with E-state index in [2.05, 4.69) is 10.3 Å². The van der Waals surface area contributed by atoms with Crippen molar-refractivity contribution in [1.82, 2.24) is 4.98 Å². The van der Waals surface area contributed by atoms with E-state index in [1.165, 1.54) is 38.7 Å². The number of carbonyl (C=O) groups excluding carboxylic acids is 1. The van der Waals surface area contributed by atoms with Gasteiger partial charge in [-0.2, -0.15) is 0 Å². The summed E-state index contributed by atoms with van der Waals surface area (Å²) in [4.78, 5) is 28.6. The number of benzene rings is 1. The number of aryl methyl sites for hydroxylation is 2. The molecule has 25 heavy (non-hydrogen) atoms. The first kappa shape index (κ1) is 18.5. The number of carbonyl (C=O) groups is 1. The second kappa shape index (κ2) is 7.34. The van der Waals surface area contributed by atoms with Crippen LogP contribution in [0, 0.1) is 24.0 Å². The predicted molar refractivity (Wildman–Crippen MR) is 92.3 cm³/mol. The highest BCUT2D eigenvalue weighted by Crippen LogP contribution is 2.46. The van der Waals surface area contributed by atoms with Crippen LogP contribution in [0.3, 0.4) is 0 Å². The fraction of sp³-hybridized carbons (Fsp3) is 0.333. The Morgan fingerprint density at radius 2 is 1.84 bits per heavy atom. The van der Waals surface area contributed by atoms with Crippen molar-refractivity contribution in [2.75, 3.05) is 26.6 Å². The summed E-state index contributed by atoms with van der Waals surface area (Å²) in [6.45, 7) is 3.67. The number of anilines is 1. The Labute approximate surface area is 147 Å². The summed E-state index contributed by atoms with van der Waals surface area (Å²) in [5.74, 6) is -0.709. The van der Waals surface area contributed by atoms with E-state index in [0.29, 0.717) is 5.13 Å². The normalized spacial score (nSPS) is 10.3. The first-order valence-corrected chi connectivity index (χ1v) is 7.88. The molecular weight excluding hydrogens is 350 g/mol. The van der Waals surface area contributed by atoms with Gasteiger partial charge < -0.3 is 14.2 Å². The zero-order valence-corrected chi connectivity index (χ0v) is 15.1. The van der Waals surface area contributed by atoms with Gasteiger partial charge in [0, 0.05) is 10.9 Å². The Balaban J connectivity index is 2.58. The predicted octanol–water partition coefficient (Wildman–Crippen LogP) is 2.95. The Morgan fingerprint density at radius 1 is 1.20 bits per heavy atom. The van der Waals surface area contributed by atoms with Gasteiger partial charge in [-0.15, -0.1) is 11.3 Å². The van der Waals surface area contributed by atoms with Crippen molar-refractivity contribution in [3.8, 4) is 17.2 Å². The molecule has 1 aromatic carbocycles. The fourth-order valence-electron chi connectivity index (χ4n) is 2.19. The number of nitrogens with one attached hydrogen (secondary N) is 1. The van der Waals surface area contributed by atoms with Crippen LogP contribution in [0.5, 0.6) is 17.2 Å². The van der Waals surface area contributed by atoms with Crippen molar-refractivity contribution in [1.29, 1.82) is 0 Å². The first-order chi connectivity index (χ1) is 11.8. The molecule has 1 heterocycles. The van der Waals surface area contributed by atoms with E-state index in [0.717, 1.165) is 10.6 Å². The molecule has 0 unspecified atom stereocenters. The molecule has 0 spiro atoms. The van der Waals surface area contributed by atoms with Crippen molar-refractivity contribution in [3.63, 3.8) is 0 Å². The number of amides is 1. The maximum absolute atomic E-state index is 12.6. The third kappa shape index (κ3) is 3.48. The van der Waals surface area contributed by atoms with Crippen LogP contribution in [0.2, 0.25) is 0 Å². The highest BCUT2D eigenvalue weighted by atomic mass is 32.1. The Kier molecular flexibility index (Phi) is 5.42. The van der Waals surface area contributed by atoms with Crippen molar-refractivity contribution in [3.05, 3.63) is 32.3 Å². The maximum Gasteiger partial charge on any atom is 0.327 e. The van der Waals surface area contributed by atoms with Gasteiger partial charge >= 0.3 is 5.69 Å². The molecule has 0 bridgehead atoms. The van der Waals surface area contributed by atoms with Gasteiger partial charge in [-0.3, -0.25) is 20.2 Å². The van der Waals surface area contributed by atoms with Gasteiger partial charge in [0.2, 0.25) is 11.5 Å². The van der Waals surface area contributed by atoms with Crippen LogP contribution in [0.15, 0.2) is 6.07 Å². The number of ether oxygens (including phenoxy) is 3. The molecule has 0 fully saturated rings. The smallest absolute Gasteiger partial charge is 0.327 e. The van der Waals surface area contributed by atoms with Crippen molar-refractivity contribution in [2.45, 2.75) is 13.8 Å². The summed E-state index contributed by atoms with van der Waals surface area (Å²) in [5, 5.41) is 14.4. The molecule has 2 aromatic rings. The number of nitrogens with zero attached hydrogens (tertiary/aromatic N) is 2. The van der Waals surface area contributed by atoms with E-state index in [-0.39, 0.29) is 22.8 Å². The van der Waals surface area contributed by atoms with Gasteiger partial charge in [-0.05, 0) is 13.8 Å². The monoisotopic (exact) mass is 367 g/mol. The number of thiazole rings is 1. The lowest BCUT2D eigenvalue weighted by molar-refractivity contribution is -0.386. The summed E-state index contributed by atoms with van der Waals surface area (Å²) in [5.41, 5.74) is 0.0485. The lowest BCUT2D eigenvalue weighted by Crippen LogP contribution is -2.15. The van der Waals surface area contributed by atoms with E-state index < -0.39 is 16.5 Å².